The van der Waals surface area contributed by atoms with E-state index < -0.39 is 7.12 Å². The van der Waals surface area contributed by atoms with Gasteiger partial charge in [-0.2, -0.15) is 0 Å². The molecule has 1 aromatic rings. The number of halogens is 1. The highest BCUT2D eigenvalue weighted by Crippen LogP contribution is 2.37. The second kappa shape index (κ2) is 6.28. The Morgan fingerprint density at radius 1 is 1.04 bits per heavy atom. The van der Waals surface area contributed by atoms with Crippen LogP contribution in [0, 0.1) is 24.3 Å². The summed E-state index contributed by atoms with van der Waals surface area (Å²) in [5.74, 6) is 0. The third kappa shape index (κ3) is 3.12. The Morgan fingerprint density at radius 3 is 2.04 bits per heavy atom. The Bertz CT molecular complexity index is 681. The van der Waals surface area contributed by atoms with E-state index in [1.54, 1.807) is 0 Å². The van der Waals surface area contributed by atoms with Crippen molar-refractivity contribution in [2.75, 3.05) is 0 Å². The molecule has 1 aliphatic rings. The number of rotatable bonds is 3. The predicted octanol–water partition coefficient (Wildman–Crippen LogP) is 4.33. The molecule has 1 aliphatic heterocycles. The molecule has 124 valence electrons. The Kier molecular flexibility index (Phi) is 5.07. The molecule has 23 heavy (non-hydrogen) atoms. The molecule has 0 atom stereocenters. The zero-order valence-corrected chi connectivity index (χ0v) is 17.0. The molecule has 0 aromatic heterocycles. The average Bonchev–Trinajstić information content (AvgIpc) is 2.65. The first-order chi connectivity index (χ1) is 10.5. The van der Waals surface area contributed by atoms with Crippen LogP contribution in [0.5, 0.6) is 0 Å². The number of azide groups is 1. The molecule has 0 aliphatic carbocycles. The van der Waals surface area contributed by atoms with Gasteiger partial charge in [-0.05, 0) is 104 Å². The first kappa shape index (κ1) is 18.6. The minimum Gasteiger partial charge on any atom is -0.399 e. The van der Waals surface area contributed by atoms with E-state index in [-0.39, 0.29) is 11.2 Å². The summed E-state index contributed by atoms with van der Waals surface area (Å²) in [5, 5.41) is 3.75. The van der Waals surface area contributed by atoms with Crippen LogP contribution in [-0.2, 0) is 15.9 Å². The third-order valence-electron chi connectivity index (χ3n) is 5.15. The standard InChI is InChI=1S/C16H23BIN3O2/c1-9-12(8-20-21-19)10(2)14(18)11(3)13(9)17-22-15(4,5)16(6,7)23-17/h8H2,1-7H3. The summed E-state index contributed by atoms with van der Waals surface area (Å²) in [6.45, 7) is 14.8. The first-order valence-corrected chi connectivity index (χ1v) is 8.76. The van der Waals surface area contributed by atoms with E-state index in [0.717, 1.165) is 22.2 Å². The summed E-state index contributed by atoms with van der Waals surface area (Å²) in [6.07, 6.45) is 0. The van der Waals surface area contributed by atoms with Gasteiger partial charge < -0.3 is 9.31 Å². The van der Waals surface area contributed by atoms with Gasteiger partial charge in [-0.3, -0.25) is 0 Å². The Hall–Kier alpha value is -0.755. The van der Waals surface area contributed by atoms with Crippen molar-refractivity contribution >= 4 is 35.2 Å². The van der Waals surface area contributed by atoms with E-state index in [1.807, 2.05) is 0 Å². The van der Waals surface area contributed by atoms with Crippen LogP contribution in [0.15, 0.2) is 5.11 Å². The molecule has 0 saturated carbocycles. The molecule has 0 amide bonds. The quantitative estimate of drug-likeness (QED) is 0.237. The smallest absolute Gasteiger partial charge is 0.399 e. The number of nitrogens with zero attached hydrogens (tertiary/aromatic N) is 3. The van der Waals surface area contributed by atoms with Crippen molar-refractivity contribution in [3.05, 3.63) is 36.3 Å². The summed E-state index contributed by atoms with van der Waals surface area (Å²) in [6, 6.07) is 0. The van der Waals surface area contributed by atoms with Crippen LogP contribution in [0.1, 0.15) is 49.9 Å². The molecule has 7 heteroatoms. The first-order valence-electron chi connectivity index (χ1n) is 7.68. The predicted molar refractivity (Wildman–Crippen MR) is 102 cm³/mol. The van der Waals surface area contributed by atoms with Gasteiger partial charge in [0.05, 0.1) is 17.7 Å². The van der Waals surface area contributed by atoms with Crippen LogP contribution in [0.4, 0.5) is 0 Å². The summed E-state index contributed by atoms with van der Waals surface area (Å²) in [7, 11) is -0.404. The Morgan fingerprint density at radius 2 is 1.57 bits per heavy atom. The fraction of sp³-hybridized carbons (Fsp3) is 0.625. The highest BCUT2D eigenvalue weighted by Gasteiger charge is 2.52. The van der Waals surface area contributed by atoms with E-state index in [2.05, 4.69) is 81.1 Å². The number of hydrogen-bond donors (Lipinski definition) is 0. The third-order valence-corrected chi connectivity index (χ3v) is 6.77. The maximum Gasteiger partial charge on any atom is 0.495 e. The summed E-state index contributed by atoms with van der Waals surface area (Å²) in [5.41, 5.74) is 13.4. The van der Waals surface area contributed by atoms with Gasteiger partial charge in [-0.25, -0.2) is 0 Å². The van der Waals surface area contributed by atoms with E-state index in [1.165, 1.54) is 9.13 Å². The second-order valence-electron chi connectivity index (χ2n) is 7.06. The molecule has 1 heterocycles. The van der Waals surface area contributed by atoms with Crippen molar-refractivity contribution in [1.29, 1.82) is 0 Å². The molecule has 1 saturated heterocycles. The number of benzene rings is 1. The van der Waals surface area contributed by atoms with Gasteiger partial charge in [0, 0.05) is 8.48 Å². The lowest BCUT2D eigenvalue weighted by Gasteiger charge is -2.32. The van der Waals surface area contributed by atoms with Crippen LogP contribution in [0.2, 0.25) is 0 Å². The van der Waals surface area contributed by atoms with Crippen molar-refractivity contribution in [3.63, 3.8) is 0 Å². The lowest BCUT2D eigenvalue weighted by Crippen LogP contribution is -2.41. The highest BCUT2D eigenvalue weighted by atomic mass is 127. The van der Waals surface area contributed by atoms with Crippen LogP contribution in [0.25, 0.3) is 10.4 Å². The van der Waals surface area contributed by atoms with Crippen LogP contribution >= 0.6 is 22.6 Å². The van der Waals surface area contributed by atoms with Crippen LogP contribution in [-0.4, -0.2) is 18.3 Å². The molecule has 0 bridgehead atoms. The number of hydrogen-bond acceptors (Lipinski definition) is 3. The van der Waals surface area contributed by atoms with Crippen LogP contribution < -0.4 is 5.46 Å². The van der Waals surface area contributed by atoms with E-state index in [0.29, 0.717) is 6.54 Å². The van der Waals surface area contributed by atoms with Gasteiger partial charge in [-0.15, -0.1) is 0 Å². The van der Waals surface area contributed by atoms with Gasteiger partial charge in [0.25, 0.3) is 0 Å². The van der Waals surface area contributed by atoms with E-state index in [9.17, 15) is 0 Å². The second-order valence-corrected chi connectivity index (χ2v) is 8.14. The minimum atomic E-state index is -0.404. The van der Waals surface area contributed by atoms with Crippen molar-refractivity contribution in [2.24, 2.45) is 5.11 Å². The molecule has 0 spiro atoms. The molecule has 0 radical (unpaired) electrons. The fourth-order valence-electron chi connectivity index (χ4n) is 2.91. The van der Waals surface area contributed by atoms with Crippen LogP contribution in [0.3, 0.4) is 0 Å². The molecule has 1 aromatic carbocycles. The van der Waals surface area contributed by atoms with Crippen molar-refractivity contribution in [3.8, 4) is 0 Å². The molecule has 0 unspecified atom stereocenters. The SMILES string of the molecule is Cc1c(I)c(C)c(B2OC(C)(C)C(C)(C)O2)c(C)c1CN=[N+]=[N-]. The summed E-state index contributed by atoms with van der Waals surface area (Å²) >= 11 is 2.35. The molecular formula is C16H23BIN3O2. The highest BCUT2D eigenvalue weighted by molar-refractivity contribution is 14.1. The van der Waals surface area contributed by atoms with Gasteiger partial charge in [0.1, 0.15) is 0 Å². The lowest BCUT2D eigenvalue weighted by atomic mass is 9.71. The lowest BCUT2D eigenvalue weighted by molar-refractivity contribution is 0.00578. The molecule has 2 rings (SSSR count). The van der Waals surface area contributed by atoms with Crippen molar-refractivity contribution in [1.82, 2.24) is 0 Å². The summed E-state index contributed by atoms with van der Waals surface area (Å²) < 4.78 is 13.6. The zero-order valence-electron chi connectivity index (χ0n) is 14.8. The summed E-state index contributed by atoms with van der Waals surface area (Å²) in [4.78, 5) is 2.90. The molecular weight excluding hydrogens is 404 g/mol. The van der Waals surface area contributed by atoms with Gasteiger partial charge >= 0.3 is 7.12 Å². The topological polar surface area (TPSA) is 67.2 Å². The Balaban J connectivity index is 2.60. The van der Waals surface area contributed by atoms with Gasteiger partial charge in [0.15, 0.2) is 0 Å². The largest absolute Gasteiger partial charge is 0.495 e. The maximum absolute atomic E-state index is 8.66. The van der Waals surface area contributed by atoms with Gasteiger partial charge in [0.2, 0.25) is 0 Å². The molecule has 5 nitrogen and oxygen atoms in total. The zero-order chi connectivity index (χ0) is 17.6. The maximum atomic E-state index is 8.66. The molecule has 0 N–H and O–H groups in total. The monoisotopic (exact) mass is 427 g/mol. The normalized spacial score (nSPS) is 18.9. The Labute approximate surface area is 152 Å². The van der Waals surface area contributed by atoms with Crippen molar-refractivity contribution in [2.45, 2.75) is 66.2 Å². The van der Waals surface area contributed by atoms with Crippen molar-refractivity contribution < 1.29 is 9.31 Å². The minimum absolute atomic E-state index is 0.344. The van der Waals surface area contributed by atoms with Gasteiger partial charge in [-0.1, -0.05) is 5.11 Å². The average molecular weight is 427 g/mol. The van der Waals surface area contributed by atoms with E-state index in [4.69, 9.17) is 14.8 Å². The van der Waals surface area contributed by atoms with E-state index >= 15 is 0 Å². The fourth-order valence-corrected chi connectivity index (χ4v) is 3.53. The molecule has 1 fully saturated rings.